The molecule has 34 heavy (non-hydrogen) atoms. The number of aliphatic hydroxyl groups excluding tert-OH is 2. The molecule has 0 saturated carbocycles. The summed E-state index contributed by atoms with van der Waals surface area (Å²) in [5.41, 5.74) is 1.25. The summed E-state index contributed by atoms with van der Waals surface area (Å²) in [6, 6.07) is 2.49. The normalized spacial score (nSPS) is 29.9. The molecule has 3 aliphatic heterocycles. The van der Waals surface area contributed by atoms with E-state index in [1.807, 2.05) is 11.8 Å². The van der Waals surface area contributed by atoms with Gasteiger partial charge in [-0.25, -0.2) is 4.79 Å². The molecule has 1 aromatic carbocycles. The number of hydrogen-bond donors (Lipinski definition) is 4. The number of hydrogen-bond acceptors (Lipinski definition) is 7. The Morgan fingerprint density at radius 2 is 1.94 bits per heavy atom. The van der Waals surface area contributed by atoms with Crippen LogP contribution in [0.3, 0.4) is 0 Å². The molecule has 0 unspecified atom stereocenters. The number of halogens is 1. The number of aliphatic carboxylic acids is 1. The van der Waals surface area contributed by atoms with Crippen molar-refractivity contribution in [1.29, 1.82) is 0 Å². The molecule has 1 amide bonds. The van der Waals surface area contributed by atoms with Gasteiger partial charge in [-0.1, -0.05) is 18.5 Å². The lowest BCUT2D eigenvalue weighted by Crippen LogP contribution is -2.63. The fourth-order valence-electron chi connectivity index (χ4n) is 5.60. The molecule has 0 bridgehead atoms. The molecule has 4 rings (SSSR count). The van der Waals surface area contributed by atoms with E-state index in [0.717, 1.165) is 0 Å². The molecule has 2 saturated heterocycles. The van der Waals surface area contributed by atoms with Crippen molar-refractivity contribution in [3.8, 4) is 5.75 Å². The fraction of sp³-hybridized carbons (Fsp3) is 0.542. The molecule has 2 fully saturated rings. The molecule has 1 aromatic rings. The third kappa shape index (κ3) is 3.90. The largest absolute Gasteiger partial charge is 0.508 e. The van der Waals surface area contributed by atoms with Gasteiger partial charge in [0, 0.05) is 49.0 Å². The number of β-lactam (4-membered cyclic amide) rings is 1. The minimum Gasteiger partial charge on any atom is -0.508 e. The number of ketones is 1. The molecule has 0 spiro atoms. The highest BCUT2D eigenvalue weighted by Gasteiger charge is 2.59. The predicted molar refractivity (Wildman–Crippen MR) is 122 cm³/mol. The van der Waals surface area contributed by atoms with Gasteiger partial charge in [-0.3, -0.25) is 14.5 Å². The van der Waals surface area contributed by atoms with E-state index in [2.05, 4.69) is 0 Å². The molecule has 10 heteroatoms. The van der Waals surface area contributed by atoms with Crippen LogP contribution >= 0.6 is 11.6 Å². The topological polar surface area (TPSA) is 139 Å². The quantitative estimate of drug-likeness (QED) is 0.331. The van der Waals surface area contributed by atoms with E-state index in [-0.39, 0.29) is 65.1 Å². The number of carboxylic acid groups (broad SMARTS) is 1. The number of amides is 1. The highest BCUT2D eigenvalue weighted by Crippen LogP contribution is 2.47. The Labute approximate surface area is 202 Å². The van der Waals surface area contributed by atoms with Gasteiger partial charge < -0.3 is 25.3 Å². The SMILES string of the molecule is Cc1c(O)ccc(C(=O)C[C@@H]2CN(CC3=C(C(=O)O)N4C(=O)[C@H]([C@@H](C)O)[C@H]4[C@H]3C)C[C@H]2O)c1Cl. The maximum Gasteiger partial charge on any atom is 0.352 e. The van der Waals surface area contributed by atoms with E-state index in [9.17, 15) is 34.8 Å². The monoisotopic (exact) mass is 492 g/mol. The van der Waals surface area contributed by atoms with Crippen LogP contribution in [0.5, 0.6) is 5.75 Å². The summed E-state index contributed by atoms with van der Waals surface area (Å²) < 4.78 is 0. The first-order valence-corrected chi connectivity index (χ1v) is 11.7. The molecule has 6 atom stereocenters. The van der Waals surface area contributed by atoms with Crippen molar-refractivity contribution in [1.82, 2.24) is 9.80 Å². The summed E-state index contributed by atoms with van der Waals surface area (Å²) in [6.45, 7) is 5.90. The third-order valence-corrected chi connectivity index (χ3v) is 7.99. The number of carbonyl (C=O) groups excluding carboxylic acids is 2. The van der Waals surface area contributed by atoms with Crippen molar-refractivity contribution < 1.29 is 34.8 Å². The van der Waals surface area contributed by atoms with Gasteiger partial charge in [-0.2, -0.15) is 0 Å². The average molecular weight is 493 g/mol. The fourth-order valence-corrected chi connectivity index (χ4v) is 5.87. The van der Waals surface area contributed by atoms with Crippen LogP contribution in [-0.4, -0.2) is 85.8 Å². The Kier molecular flexibility index (Phi) is 6.50. The molecule has 184 valence electrons. The van der Waals surface area contributed by atoms with E-state index in [1.165, 1.54) is 24.0 Å². The molecule has 0 radical (unpaired) electrons. The summed E-state index contributed by atoms with van der Waals surface area (Å²) in [4.78, 5) is 40.5. The highest BCUT2D eigenvalue weighted by molar-refractivity contribution is 6.34. The van der Waals surface area contributed by atoms with Crippen LogP contribution in [0.1, 0.15) is 36.2 Å². The molecule has 4 N–H and O–H groups in total. The van der Waals surface area contributed by atoms with Crippen molar-refractivity contribution in [3.63, 3.8) is 0 Å². The molecule has 0 aliphatic carbocycles. The minimum atomic E-state index is -1.19. The number of Topliss-reactive ketones (excluding diaryl/α,β-unsaturated/α-hetero) is 1. The van der Waals surface area contributed by atoms with E-state index < -0.39 is 30.1 Å². The Bertz CT molecular complexity index is 1090. The van der Waals surface area contributed by atoms with E-state index in [0.29, 0.717) is 17.7 Å². The van der Waals surface area contributed by atoms with E-state index in [4.69, 9.17) is 11.6 Å². The van der Waals surface area contributed by atoms with Crippen LogP contribution in [0, 0.1) is 24.7 Å². The Morgan fingerprint density at radius 3 is 2.56 bits per heavy atom. The molecular weight excluding hydrogens is 464 g/mol. The van der Waals surface area contributed by atoms with E-state index in [1.54, 1.807) is 6.92 Å². The molecule has 3 aliphatic rings. The maximum absolute atomic E-state index is 12.9. The second kappa shape index (κ2) is 8.96. The van der Waals surface area contributed by atoms with Crippen LogP contribution in [0.4, 0.5) is 0 Å². The number of likely N-dealkylation sites (tertiary alicyclic amines) is 1. The lowest BCUT2D eigenvalue weighted by atomic mass is 9.77. The number of aliphatic hydroxyl groups is 2. The molecule has 3 heterocycles. The third-order valence-electron chi connectivity index (χ3n) is 7.50. The van der Waals surface area contributed by atoms with Gasteiger partial charge in [-0.05, 0) is 31.6 Å². The number of rotatable bonds is 7. The number of phenolic OH excluding ortho intramolecular Hbond substituents is 1. The Balaban J connectivity index is 1.48. The number of benzene rings is 1. The van der Waals surface area contributed by atoms with Gasteiger partial charge >= 0.3 is 5.97 Å². The summed E-state index contributed by atoms with van der Waals surface area (Å²) >= 11 is 6.23. The first-order chi connectivity index (χ1) is 15.9. The second-order valence-electron chi connectivity index (χ2n) is 9.65. The van der Waals surface area contributed by atoms with Gasteiger partial charge in [0.15, 0.2) is 5.78 Å². The molecular formula is C24H29ClN2O7. The van der Waals surface area contributed by atoms with Crippen LogP contribution < -0.4 is 0 Å². The Hall–Kier alpha value is -2.46. The molecule has 9 nitrogen and oxygen atoms in total. The van der Waals surface area contributed by atoms with E-state index >= 15 is 0 Å². The highest BCUT2D eigenvalue weighted by atomic mass is 35.5. The minimum absolute atomic E-state index is 0.00263. The number of carbonyl (C=O) groups is 3. The number of phenols is 1. The van der Waals surface area contributed by atoms with Gasteiger partial charge in [0.05, 0.1) is 29.2 Å². The van der Waals surface area contributed by atoms with Crippen LogP contribution in [0.25, 0.3) is 0 Å². The summed E-state index contributed by atoms with van der Waals surface area (Å²) in [7, 11) is 0. The van der Waals surface area contributed by atoms with Crippen LogP contribution in [0.15, 0.2) is 23.4 Å². The summed E-state index contributed by atoms with van der Waals surface area (Å²) in [5.74, 6) is -3.06. The maximum atomic E-state index is 12.9. The Morgan fingerprint density at radius 1 is 1.26 bits per heavy atom. The zero-order valence-electron chi connectivity index (χ0n) is 19.2. The summed E-state index contributed by atoms with van der Waals surface area (Å²) in [5, 5.41) is 40.4. The van der Waals surface area contributed by atoms with Crippen molar-refractivity contribution >= 4 is 29.3 Å². The summed E-state index contributed by atoms with van der Waals surface area (Å²) in [6.07, 6.45) is -1.60. The average Bonchev–Trinajstić information content (AvgIpc) is 3.21. The number of β-amino-alcohol motifs (C(OH)–C–C–N with tert-alkyl or cyclic N) is 1. The predicted octanol–water partition coefficient (Wildman–Crippen LogP) is 1.42. The van der Waals surface area contributed by atoms with Gasteiger partial charge in [0.2, 0.25) is 5.91 Å². The van der Waals surface area contributed by atoms with Gasteiger partial charge in [0.25, 0.3) is 0 Å². The molecule has 0 aromatic heterocycles. The van der Waals surface area contributed by atoms with Gasteiger partial charge in [0.1, 0.15) is 11.4 Å². The van der Waals surface area contributed by atoms with Crippen molar-refractivity contribution in [3.05, 3.63) is 39.6 Å². The second-order valence-corrected chi connectivity index (χ2v) is 10.0. The first-order valence-electron chi connectivity index (χ1n) is 11.3. The van der Waals surface area contributed by atoms with Crippen molar-refractivity contribution in [2.24, 2.45) is 17.8 Å². The first kappa shape index (κ1) is 24.7. The van der Waals surface area contributed by atoms with Crippen molar-refractivity contribution in [2.45, 2.75) is 45.4 Å². The van der Waals surface area contributed by atoms with Crippen LogP contribution in [-0.2, 0) is 9.59 Å². The standard InChI is InChI=1S/C24H29ClN2O7/c1-10-15(22(24(33)34)27-21(10)19(12(3)28)23(27)32)8-26-7-13(18(31)9-26)6-17(30)14-4-5-16(29)11(2)20(14)25/h4-5,10,12-13,18-19,21,28-29,31H,6-9H2,1-3H3,(H,33,34)/t10-,12+,13+,18+,19+,21+/m0/s1. The lowest BCUT2D eigenvalue weighted by Gasteiger charge is -2.46. The van der Waals surface area contributed by atoms with Crippen LogP contribution in [0.2, 0.25) is 5.02 Å². The number of nitrogens with zero attached hydrogens (tertiary/aromatic N) is 2. The zero-order chi connectivity index (χ0) is 25.1. The number of carboxylic acids is 1. The zero-order valence-corrected chi connectivity index (χ0v) is 20.0. The number of fused-ring (bicyclic) bond motifs is 1. The van der Waals surface area contributed by atoms with Gasteiger partial charge in [-0.15, -0.1) is 0 Å². The smallest absolute Gasteiger partial charge is 0.352 e. The lowest BCUT2D eigenvalue weighted by molar-refractivity contribution is -0.163. The van der Waals surface area contributed by atoms with Crippen molar-refractivity contribution in [2.75, 3.05) is 19.6 Å². The number of aromatic hydroxyl groups is 1.